The topological polar surface area (TPSA) is 173 Å². The van der Waals surface area contributed by atoms with Crippen LogP contribution in [0.4, 0.5) is 0 Å². The van der Waals surface area contributed by atoms with E-state index >= 15 is 0 Å². The van der Waals surface area contributed by atoms with Gasteiger partial charge < -0.3 is 19.3 Å². The molecule has 2 rings (SSSR count). The van der Waals surface area contributed by atoms with Crippen molar-refractivity contribution in [3.05, 3.63) is 107 Å². The van der Waals surface area contributed by atoms with E-state index < -0.39 is 45.2 Å². The van der Waals surface area contributed by atoms with Crippen molar-refractivity contribution in [1.29, 1.82) is 0 Å². The zero-order valence-corrected chi connectivity index (χ0v) is 33.7. The highest BCUT2D eigenvalue weighted by Gasteiger charge is 2.47. The summed E-state index contributed by atoms with van der Waals surface area (Å²) in [6.45, 7) is 19.5. The Labute approximate surface area is 312 Å². The first kappa shape index (κ1) is 45.5. The molecule has 292 valence electrons. The standard InChI is InChI=1S/C40H60O10S2/c1-27(17-13-19-29(3)21-23-33-31(5)37(49-51(43,44)45)35(41)25-39(33,7)8)15-11-12-16-28(2)18-14-20-30(4)22-24-34-32(6)38(50-52(46,47)48)36(42)26-40(34,9)10/h11-24,31-38,41-42H,25-26H2,1-10H3,(H,43,44,45)(H,46,47,48)/p-2/b12-11+,17-13+,18-14+,23-21+,24-22+,27-15+,28-16+,29-19+,30-20+/t31-,32-,33-,34-,35-,36-,37+,38+/m1/s1. The predicted molar refractivity (Wildman–Crippen MR) is 204 cm³/mol. The first-order valence-electron chi connectivity index (χ1n) is 17.6. The molecule has 0 aromatic carbocycles. The summed E-state index contributed by atoms with van der Waals surface area (Å²) in [6.07, 6.45) is 24.0. The quantitative estimate of drug-likeness (QED) is 0.104. The van der Waals surface area contributed by atoms with Crippen molar-refractivity contribution < 1.29 is 44.5 Å². The molecule has 12 heteroatoms. The summed E-state index contributed by atoms with van der Waals surface area (Å²) in [7, 11) is -9.87. The van der Waals surface area contributed by atoms with E-state index in [1.54, 1.807) is 13.8 Å². The van der Waals surface area contributed by atoms with Crippen LogP contribution in [0, 0.1) is 34.5 Å². The Bertz CT molecular complexity index is 1590. The summed E-state index contributed by atoms with van der Waals surface area (Å²) >= 11 is 0. The van der Waals surface area contributed by atoms with Crippen molar-refractivity contribution >= 4 is 20.8 Å². The third-order valence-corrected chi connectivity index (χ3v) is 11.0. The molecule has 0 saturated heterocycles. The van der Waals surface area contributed by atoms with Crippen molar-refractivity contribution in [2.24, 2.45) is 34.5 Å². The monoisotopic (exact) mass is 762 g/mol. The molecule has 8 atom stereocenters. The fourth-order valence-corrected chi connectivity index (χ4v) is 8.57. The molecule has 2 fully saturated rings. The SMILES string of the molecule is CC(/C=C/C=C(C)/C=C/[C@@H]1[C@@H](C)[C@H](OS(=O)(=O)[O-])[C@H](O)CC1(C)C)=C\C=C\C=C(C)\C=C\C=C(C)\C=C\[C@@H]1[C@@H](C)[C@H](OS(=O)(=O)[O-])[C@H](O)CC1(C)C. The zero-order valence-electron chi connectivity index (χ0n) is 32.1. The molecule has 0 unspecified atom stereocenters. The molecule has 0 heterocycles. The lowest BCUT2D eigenvalue weighted by Crippen LogP contribution is -2.50. The van der Waals surface area contributed by atoms with Gasteiger partial charge in [0.25, 0.3) is 0 Å². The molecule has 0 radical (unpaired) electrons. The van der Waals surface area contributed by atoms with Gasteiger partial charge in [-0.05, 0) is 75.0 Å². The maximum atomic E-state index is 11.2. The van der Waals surface area contributed by atoms with E-state index in [0.717, 1.165) is 22.3 Å². The van der Waals surface area contributed by atoms with Crippen molar-refractivity contribution in [2.45, 2.75) is 106 Å². The Morgan fingerprint density at radius 1 is 0.577 bits per heavy atom. The maximum Gasteiger partial charge on any atom is 0.218 e. The molecule has 0 amide bonds. The van der Waals surface area contributed by atoms with Crippen LogP contribution in [0.15, 0.2) is 107 Å². The van der Waals surface area contributed by atoms with Crippen molar-refractivity contribution in [3.8, 4) is 0 Å². The second-order valence-electron chi connectivity index (χ2n) is 15.7. The summed E-state index contributed by atoms with van der Waals surface area (Å²) in [5.41, 5.74) is 3.41. The van der Waals surface area contributed by atoms with Crippen LogP contribution in [0.5, 0.6) is 0 Å². The van der Waals surface area contributed by atoms with E-state index in [2.05, 4.69) is 0 Å². The van der Waals surface area contributed by atoms with E-state index in [0.29, 0.717) is 12.8 Å². The van der Waals surface area contributed by atoms with E-state index in [1.165, 1.54) is 0 Å². The summed E-state index contributed by atoms with van der Waals surface area (Å²) in [5.74, 6) is -0.997. The highest BCUT2D eigenvalue weighted by molar-refractivity contribution is 7.81. The van der Waals surface area contributed by atoms with Crippen LogP contribution in [-0.4, -0.2) is 60.6 Å². The number of aliphatic hydroxyl groups excluding tert-OH is 2. The number of rotatable bonds is 14. The van der Waals surface area contributed by atoms with Crippen molar-refractivity contribution in [2.75, 3.05) is 0 Å². The molecular formula is C40H58O10S2-2. The molecular weight excluding hydrogens is 705 g/mol. The molecule has 2 aliphatic rings. The number of allylic oxidation sites excluding steroid dienone is 18. The van der Waals surface area contributed by atoms with Crippen molar-refractivity contribution in [1.82, 2.24) is 0 Å². The molecule has 2 saturated carbocycles. The normalized spacial score (nSPS) is 31.6. The van der Waals surface area contributed by atoms with Gasteiger partial charge in [-0.15, -0.1) is 0 Å². The van der Waals surface area contributed by atoms with Gasteiger partial charge in [0, 0.05) is 0 Å². The lowest BCUT2D eigenvalue weighted by Gasteiger charge is -2.47. The second-order valence-corrected chi connectivity index (χ2v) is 17.7. The van der Waals surface area contributed by atoms with Crippen LogP contribution < -0.4 is 0 Å². The zero-order chi connectivity index (χ0) is 39.7. The molecule has 0 bridgehead atoms. The Morgan fingerprint density at radius 2 is 0.865 bits per heavy atom. The summed E-state index contributed by atoms with van der Waals surface area (Å²) in [5, 5.41) is 20.9. The van der Waals surface area contributed by atoms with Gasteiger partial charge in [0.2, 0.25) is 20.8 Å². The number of hydrogen-bond donors (Lipinski definition) is 2. The Morgan fingerprint density at radius 3 is 1.17 bits per heavy atom. The first-order chi connectivity index (χ1) is 23.8. The van der Waals surface area contributed by atoms with Gasteiger partial charge in [0.05, 0.1) is 12.2 Å². The van der Waals surface area contributed by atoms with Gasteiger partial charge >= 0.3 is 0 Å². The van der Waals surface area contributed by atoms with Crippen LogP contribution >= 0.6 is 0 Å². The predicted octanol–water partition coefficient (Wildman–Crippen LogP) is 7.33. The molecule has 2 aliphatic carbocycles. The van der Waals surface area contributed by atoms with Gasteiger partial charge in [-0.3, -0.25) is 8.37 Å². The largest absolute Gasteiger partial charge is 0.726 e. The third-order valence-electron chi connectivity index (χ3n) is 10.1. The van der Waals surface area contributed by atoms with Crippen molar-refractivity contribution in [3.63, 3.8) is 0 Å². The highest BCUT2D eigenvalue weighted by Crippen LogP contribution is 2.47. The average molecular weight is 763 g/mol. The minimum atomic E-state index is -4.94. The molecule has 0 aromatic heterocycles. The van der Waals surface area contributed by atoms with E-state index in [1.807, 2.05) is 140 Å². The van der Waals surface area contributed by atoms with Gasteiger partial charge in [0.1, 0.15) is 12.2 Å². The lowest BCUT2D eigenvalue weighted by atomic mass is 9.62. The molecule has 0 spiro atoms. The summed E-state index contributed by atoms with van der Waals surface area (Å²) < 4.78 is 76.7. The first-order valence-corrected chi connectivity index (χ1v) is 20.2. The van der Waals surface area contributed by atoms with Crippen LogP contribution in [0.1, 0.15) is 82.1 Å². The molecule has 0 aromatic rings. The fraction of sp³-hybridized carbons (Fsp3) is 0.550. The van der Waals surface area contributed by atoms with E-state index in [4.69, 9.17) is 8.37 Å². The molecule has 0 aliphatic heterocycles. The van der Waals surface area contributed by atoms with Gasteiger partial charge in [-0.25, -0.2) is 16.8 Å². The average Bonchev–Trinajstić information content (AvgIpc) is 2.97. The Balaban J connectivity index is 1.98. The van der Waals surface area contributed by atoms with E-state index in [9.17, 15) is 36.2 Å². The number of hydrogen-bond acceptors (Lipinski definition) is 10. The van der Waals surface area contributed by atoms with Gasteiger partial charge in [-0.2, -0.15) is 0 Å². The smallest absolute Gasteiger partial charge is 0.218 e. The second kappa shape index (κ2) is 19.1. The third kappa shape index (κ3) is 15.0. The lowest BCUT2D eigenvalue weighted by molar-refractivity contribution is -0.0859. The Hall–Kier alpha value is -2.68. The maximum absolute atomic E-state index is 11.2. The minimum absolute atomic E-state index is 0.114. The van der Waals surface area contributed by atoms with Crippen LogP contribution in [0.3, 0.4) is 0 Å². The van der Waals surface area contributed by atoms with Crippen LogP contribution in [0.2, 0.25) is 0 Å². The van der Waals surface area contributed by atoms with Crippen LogP contribution in [-0.2, 0) is 29.2 Å². The fourth-order valence-electron chi connectivity index (χ4n) is 7.41. The van der Waals surface area contributed by atoms with Gasteiger partial charge in [-0.1, -0.05) is 149 Å². The molecule has 2 N–H and O–H groups in total. The molecule has 10 nitrogen and oxygen atoms in total. The molecule has 52 heavy (non-hydrogen) atoms. The van der Waals surface area contributed by atoms with Crippen LogP contribution in [0.25, 0.3) is 0 Å². The van der Waals surface area contributed by atoms with Gasteiger partial charge in [0.15, 0.2) is 0 Å². The Kier molecular flexibility index (Phi) is 16.7. The summed E-state index contributed by atoms with van der Waals surface area (Å²) in [6, 6.07) is 0. The minimum Gasteiger partial charge on any atom is -0.726 e. The summed E-state index contributed by atoms with van der Waals surface area (Å²) in [4.78, 5) is 0. The number of aliphatic hydroxyl groups is 2. The highest BCUT2D eigenvalue weighted by atomic mass is 32.3. The van der Waals surface area contributed by atoms with E-state index in [-0.39, 0.29) is 34.5 Å².